The van der Waals surface area contributed by atoms with Gasteiger partial charge in [-0.1, -0.05) is 42.5 Å². The molecule has 3 atom stereocenters. The smallest absolute Gasteiger partial charge is 0.257 e. The van der Waals surface area contributed by atoms with E-state index < -0.39 is 0 Å². The van der Waals surface area contributed by atoms with Crippen molar-refractivity contribution in [2.75, 3.05) is 13.6 Å². The summed E-state index contributed by atoms with van der Waals surface area (Å²) < 4.78 is 5.96. The van der Waals surface area contributed by atoms with Crippen LogP contribution < -0.4 is 10.1 Å². The van der Waals surface area contributed by atoms with Crippen molar-refractivity contribution in [3.63, 3.8) is 0 Å². The van der Waals surface area contributed by atoms with Crippen LogP contribution in [-0.4, -0.2) is 36.3 Å². The van der Waals surface area contributed by atoms with Crippen LogP contribution in [0.1, 0.15) is 35.2 Å². The molecule has 1 saturated heterocycles. The number of hydrogen-bond acceptors (Lipinski definition) is 3. The van der Waals surface area contributed by atoms with Crippen molar-refractivity contribution in [3.8, 4) is 5.75 Å². The van der Waals surface area contributed by atoms with E-state index in [4.69, 9.17) is 4.74 Å². The molecule has 2 fully saturated rings. The number of nitrogens with zero attached hydrogens (tertiary/aromatic N) is 1. The molecule has 1 saturated carbocycles. The van der Waals surface area contributed by atoms with Gasteiger partial charge < -0.3 is 15.0 Å². The summed E-state index contributed by atoms with van der Waals surface area (Å²) in [6, 6.07) is 17.5. The standard InChI is InChI=1S/C23H26N2O3/c1-25(19-11-17-13-22(26)24-14-18(17)12-19)23(27)20-9-5-6-10-21(20)28-15-16-7-3-2-4-8-16/h2-10,17-19H,11-15H2,1H3,(H,24,26)/t17-,18+,19-/m1/s1. The molecule has 5 heteroatoms. The summed E-state index contributed by atoms with van der Waals surface area (Å²) in [5.41, 5.74) is 1.65. The number of fused-ring (bicyclic) bond motifs is 1. The maximum atomic E-state index is 13.2. The molecule has 0 bridgehead atoms. The summed E-state index contributed by atoms with van der Waals surface area (Å²) in [4.78, 5) is 26.7. The fourth-order valence-electron chi connectivity index (χ4n) is 4.41. The first-order valence-corrected chi connectivity index (χ1v) is 9.91. The van der Waals surface area contributed by atoms with Gasteiger partial charge in [-0.05, 0) is 42.4 Å². The van der Waals surface area contributed by atoms with Gasteiger partial charge in [0.25, 0.3) is 5.91 Å². The Hall–Kier alpha value is -2.82. The van der Waals surface area contributed by atoms with Gasteiger partial charge in [0.05, 0.1) is 5.56 Å². The summed E-state index contributed by atoms with van der Waals surface area (Å²) in [5, 5.41) is 2.95. The van der Waals surface area contributed by atoms with E-state index in [0.29, 0.717) is 36.2 Å². The van der Waals surface area contributed by atoms with Crippen LogP contribution in [0.4, 0.5) is 0 Å². The molecular weight excluding hydrogens is 352 g/mol. The third-order valence-electron chi connectivity index (χ3n) is 6.05. The Kier molecular flexibility index (Phi) is 5.33. The van der Waals surface area contributed by atoms with Crippen molar-refractivity contribution >= 4 is 11.8 Å². The third-order valence-corrected chi connectivity index (χ3v) is 6.05. The summed E-state index contributed by atoms with van der Waals surface area (Å²) >= 11 is 0. The van der Waals surface area contributed by atoms with Crippen LogP contribution in [0.5, 0.6) is 5.75 Å². The number of carbonyl (C=O) groups is 2. The Morgan fingerprint density at radius 3 is 2.61 bits per heavy atom. The second kappa shape index (κ2) is 8.05. The summed E-state index contributed by atoms with van der Waals surface area (Å²) in [5.74, 6) is 1.58. The maximum Gasteiger partial charge on any atom is 0.257 e. The van der Waals surface area contributed by atoms with Gasteiger partial charge in [0.2, 0.25) is 5.91 Å². The molecule has 0 radical (unpaired) electrons. The van der Waals surface area contributed by atoms with Crippen LogP contribution in [0.15, 0.2) is 54.6 Å². The van der Waals surface area contributed by atoms with E-state index in [0.717, 1.165) is 24.9 Å². The normalized spacial score (nSPS) is 23.6. The molecule has 1 aliphatic heterocycles. The fraction of sp³-hybridized carbons (Fsp3) is 0.391. The molecule has 2 amide bonds. The molecule has 1 heterocycles. The zero-order valence-electron chi connectivity index (χ0n) is 16.1. The number of ether oxygens (including phenoxy) is 1. The molecule has 0 spiro atoms. The number of amides is 2. The van der Waals surface area contributed by atoms with E-state index >= 15 is 0 Å². The van der Waals surface area contributed by atoms with E-state index in [-0.39, 0.29) is 17.9 Å². The van der Waals surface area contributed by atoms with Crippen LogP contribution >= 0.6 is 0 Å². The summed E-state index contributed by atoms with van der Waals surface area (Å²) in [7, 11) is 1.87. The molecule has 2 aromatic carbocycles. The molecule has 2 aromatic rings. The van der Waals surface area contributed by atoms with Crippen LogP contribution in [0.25, 0.3) is 0 Å². The largest absolute Gasteiger partial charge is 0.488 e. The number of benzene rings is 2. The highest BCUT2D eigenvalue weighted by atomic mass is 16.5. The third kappa shape index (κ3) is 3.88. The van der Waals surface area contributed by atoms with Gasteiger partial charge in [0.1, 0.15) is 12.4 Å². The lowest BCUT2D eigenvalue weighted by atomic mass is 9.89. The molecule has 1 N–H and O–H groups in total. The first-order chi connectivity index (χ1) is 13.6. The number of nitrogens with one attached hydrogen (secondary N) is 1. The van der Waals surface area contributed by atoms with Gasteiger partial charge >= 0.3 is 0 Å². The SMILES string of the molecule is CN(C(=O)c1ccccc1OCc1ccccc1)[C@H]1C[C@H]2CNC(=O)C[C@H]2C1. The van der Waals surface area contributed by atoms with Crippen LogP contribution in [0.3, 0.4) is 0 Å². The highest BCUT2D eigenvalue weighted by molar-refractivity contribution is 5.97. The van der Waals surface area contributed by atoms with Gasteiger partial charge in [0, 0.05) is 26.1 Å². The van der Waals surface area contributed by atoms with Crippen molar-refractivity contribution < 1.29 is 14.3 Å². The minimum Gasteiger partial charge on any atom is -0.488 e. The molecule has 0 aromatic heterocycles. The van der Waals surface area contributed by atoms with Crippen molar-refractivity contribution in [1.29, 1.82) is 0 Å². The lowest BCUT2D eigenvalue weighted by Gasteiger charge is -2.25. The Bertz CT molecular complexity index is 852. The van der Waals surface area contributed by atoms with Crippen molar-refractivity contribution in [1.82, 2.24) is 10.2 Å². The second-order valence-electron chi connectivity index (χ2n) is 7.84. The number of rotatable bonds is 5. The Morgan fingerprint density at radius 2 is 1.79 bits per heavy atom. The number of hydrogen-bond donors (Lipinski definition) is 1. The zero-order chi connectivity index (χ0) is 19.5. The summed E-state index contributed by atoms with van der Waals surface area (Å²) in [6.45, 7) is 1.16. The Labute approximate surface area is 165 Å². The average molecular weight is 378 g/mol. The predicted molar refractivity (Wildman–Crippen MR) is 107 cm³/mol. The van der Waals surface area contributed by atoms with E-state index in [1.165, 1.54) is 0 Å². The van der Waals surface area contributed by atoms with Crippen molar-refractivity contribution in [2.45, 2.75) is 31.9 Å². The molecule has 4 rings (SSSR count). The van der Waals surface area contributed by atoms with Crippen molar-refractivity contribution in [2.24, 2.45) is 11.8 Å². The van der Waals surface area contributed by atoms with Gasteiger partial charge in [0.15, 0.2) is 0 Å². The first-order valence-electron chi connectivity index (χ1n) is 9.91. The molecule has 2 aliphatic rings. The first kappa shape index (κ1) is 18.5. The second-order valence-corrected chi connectivity index (χ2v) is 7.84. The zero-order valence-corrected chi connectivity index (χ0v) is 16.1. The predicted octanol–water partition coefficient (Wildman–Crippen LogP) is 3.25. The maximum absolute atomic E-state index is 13.2. The average Bonchev–Trinajstić information content (AvgIpc) is 3.15. The van der Waals surface area contributed by atoms with Crippen LogP contribution in [-0.2, 0) is 11.4 Å². The molecule has 5 nitrogen and oxygen atoms in total. The topological polar surface area (TPSA) is 58.6 Å². The lowest BCUT2D eigenvalue weighted by molar-refractivity contribution is -0.124. The minimum absolute atomic E-state index is 0.0217. The van der Waals surface area contributed by atoms with E-state index in [9.17, 15) is 9.59 Å². The molecule has 0 unspecified atom stereocenters. The molecule has 1 aliphatic carbocycles. The highest BCUT2D eigenvalue weighted by Gasteiger charge is 2.41. The van der Waals surface area contributed by atoms with Gasteiger partial charge in [-0.2, -0.15) is 0 Å². The molecule has 146 valence electrons. The number of carbonyl (C=O) groups excluding carboxylic acids is 2. The van der Waals surface area contributed by atoms with E-state index in [1.807, 2.05) is 66.5 Å². The van der Waals surface area contributed by atoms with Crippen LogP contribution in [0, 0.1) is 11.8 Å². The van der Waals surface area contributed by atoms with Crippen molar-refractivity contribution in [3.05, 3.63) is 65.7 Å². The Morgan fingerprint density at radius 1 is 1.07 bits per heavy atom. The lowest BCUT2D eigenvalue weighted by Crippen LogP contribution is -2.38. The quantitative estimate of drug-likeness (QED) is 0.869. The van der Waals surface area contributed by atoms with Crippen LogP contribution in [0.2, 0.25) is 0 Å². The monoisotopic (exact) mass is 378 g/mol. The minimum atomic E-state index is -0.0217. The van der Waals surface area contributed by atoms with E-state index in [1.54, 1.807) is 0 Å². The van der Waals surface area contributed by atoms with Gasteiger partial charge in [-0.15, -0.1) is 0 Å². The van der Waals surface area contributed by atoms with E-state index in [2.05, 4.69) is 5.32 Å². The summed E-state index contributed by atoms with van der Waals surface area (Å²) in [6.07, 6.45) is 2.42. The number of para-hydroxylation sites is 1. The number of piperidine rings is 1. The Balaban J connectivity index is 1.45. The fourth-order valence-corrected chi connectivity index (χ4v) is 4.41. The van der Waals surface area contributed by atoms with Gasteiger partial charge in [-0.3, -0.25) is 9.59 Å². The van der Waals surface area contributed by atoms with Gasteiger partial charge in [-0.25, -0.2) is 0 Å². The molecule has 28 heavy (non-hydrogen) atoms. The molecular formula is C23H26N2O3. The highest BCUT2D eigenvalue weighted by Crippen LogP contribution is 2.38.